The van der Waals surface area contributed by atoms with E-state index in [4.69, 9.17) is 4.74 Å². The number of benzene rings is 2. The number of nitrogens with zero attached hydrogens (tertiary/aromatic N) is 3. The predicted molar refractivity (Wildman–Crippen MR) is 173 cm³/mol. The van der Waals surface area contributed by atoms with Gasteiger partial charge in [0.2, 0.25) is 23.6 Å². The molecule has 2 aromatic carbocycles. The van der Waals surface area contributed by atoms with Crippen LogP contribution in [0.25, 0.3) is 0 Å². The fourth-order valence-corrected chi connectivity index (χ4v) is 5.88. The topological polar surface area (TPSA) is 150 Å². The van der Waals surface area contributed by atoms with Gasteiger partial charge in [-0.2, -0.15) is 0 Å². The molecule has 0 saturated carbocycles. The quantitative estimate of drug-likeness (QED) is 0.382. The lowest BCUT2D eigenvalue weighted by atomic mass is 10.0. The predicted octanol–water partition coefficient (Wildman–Crippen LogP) is 1.38. The molecule has 12 nitrogen and oxygen atoms in total. The second-order valence-corrected chi connectivity index (χ2v) is 12.0. The molecule has 6 rings (SSSR count). The van der Waals surface area contributed by atoms with Crippen molar-refractivity contribution in [2.24, 2.45) is 0 Å². The van der Waals surface area contributed by atoms with Crippen LogP contribution in [-0.2, 0) is 43.4 Å². The fourth-order valence-electron chi connectivity index (χ4n) is 5.88. The lowest BCUT2D eigenvalue weighted by Gasteiger charge is -2.30. The Morgan fingerprint density at radius 1 is 0.936 bits per heavy atom. The van der Waals surface area contributed by atoms with Gasteiger partial charge in [-0.05, 0) is 54.7 Å². The summed E-state index contributed by atoms with van der Waals surface area (Å²) in [5.41, 5.74) is 2.43. The van der Waals surface area contributed by atoms with Crippen molar-refractivity contribution in [2.45, 2.75) is 63.3 Å². The molecule has 1 aromatic heterocycles. The summed E-state index contributed by atoms with van der Waals surface area (Å²) in [5.74, 6) is -1.77. The van der Waals surface area contributed by atoms with Crippen LogP contribution >= 0.6 is 0 Å². The van der Waals surface area contributed by atoms with Crippen molar-refractivity contribution < 1.29 is 28.7 Å². The molecule has 246 valence electrons. The van der Waals surface area contributed by atoms with Gasteiger partial charge in [0.05, 0.1) is 0 Å². The molecule has 12 heteroatoms. The van der Waals surface area contributed by atoms with Crippen LogP contribution in [0.1, 0.15) is 36.5 Å². The maximum atomic E-state index is 13.9. The summed E-state index contributed by atoms with van der Waals surface area (Å²) in [6, 6.07) is 16.2. The lowest BCUT2D eigenvalue weighted by Crippen LogP contribution is -2.57. The minimum atomic E-state index is -0.989. The van der Waals surface area contributed by atoms with Crippen LogP contribution in [0.3, 0.4) is 0 Å². The number of carbonyl (C=O) groups is 5. The van der Waals surface area contributed by atoms with E-state index in [1.54, 1.807) is 56.7 Å². The molecular formula is C35H40N6O6. The first-order valence-electron chi connectivity index (χ1n) is 15.8. The first-order valence-corrected chi connectivity index (χ1v) is 15.8. The Labute approximate surface area is 273 Å². The minimum absolute atomic E-state index is 0.176. The number of amides is 5. The number of fused-ring (bicyclic) bond motifs is 13. The Morgan fingerprint density at radius 3 is 2.40 bits per heavy atom. The van der Waals surface area contributed by atoms with Gasteiger partial charge in [0, 0.05) is 45.4 Å². The Kier molecular flexibility index (Phi) is 10.8. The molecule has 2 bridgehead atoms. The van der Waals surface area contributed by atoms with Gasteiger partial charge in [0.15, 0.2) is 6.61 Å². The number of nitrogens with one attached hydrogen (secondary N) is 3. The van der Waals surface area contributed by atoms with Crippen LogP contribution in [0.15, 0.2) is 79.1 Å². The zero-order chi connectivity index (χ0) is 33.3. The molecule has 47 heavy (non-hydrogen) atoms. The van der Waals surface area contributed by atoms with Crippen LogP contribution in [0.5, 0.6) is 5.75 Å². The van der Waals surface area contributed by atoms with Crippen molar-refractivity contribution in [1.29, 1.82) is 0 Å². The monoisotopic (exact) mass is 640 g/mol. The lowest BCUT2D eigenvalue weighted by molar-refractivity contribution is -0.142. The Morgan fingerprint density at radius 2 is 1.68 bits per heavy atom. The average molecular weight is 641 g/mol. The van der Waals surface area contributed by atoms with Crippen molar-refractivity contribution in [3.63, 3.8) is 0 Å². The maximum absolute atomic E-state index is 13.9. The van der Waals surface area contributed by atoms with Crippen LogP contribution in [0.4, 0.5) is 0 Å². The number of likely N-dealkylation sites (N-methyl/N-ethyl adjacent to an activating group) is 1. The van der Waals surface area contributed by atoms with E-state index in [0.717, 1.165) is 16.7 Å². The van der Waals surface area contributed by atoms with Gasteiger partial charge in [0.25, 0.3) is 5.91 Å². The van der Waals surface area contributed by atoms with E-state index in [0.29, 0.717) is 25.1 Å². The molecule has 3 N–H and O–H groups in total. The Hall–Kier alpha value is -5.26. The third kappa shape index (κ3) is 8.72. The van der Waals surface area contributed by atoms with Crippen LogP contribution < -0.4 is 20.7 Å². The smallest absolute Gasteiger partial charge is 0.258 e. The normalized spacial score (nSPS) is 22.5. The summed E-state index contributed by atoms with van der Waals surface area (Å²) in [4.78, 5) is 74.6. The first kappa shape index (κ1) is 33.1. The average Bonchev–Trinajstić information content (AvgIpc) is 3.57. The maximum Gasteiger partial charge on any atom is 0.258 e. The number of aromatic nitrogens is 1. The molecule has 5 amide bonds. The fraction of sp³-hybridized carbons (Fsp3) is 0.371. The van der Waals surface area contributed by atoms with E-state index in [1.807, 2.05) is 36.4 Å². The van der Waals surface area contributed by atoms with Gasteiger partial charge >= 0.3 is 0 Å². The molecule has 0 spiro atoms. The number of hydrogen-bond donors (Lipinski definition) is 3. The third-order valence-corrected chi connectivity index (χ3v) is 8.37. The molecule has 1 saturated heterocycles. The van der Waals surface area contributed by atoms with Gasteiger partial charge in [-0.3, -0.25) is 29.0 Å². The van der Waals surface area contributed by atoms with Gasteiger partial charge in [-0.25, -0.2) is 0 Å². The standard InChI is InChI=1S/C35H40N6O6/c1-23-32(43)39-28(34(45)40(2)21-26-10-6-16-36-20-26)19-25-12-14-27(15-13-25)47-22-31(42)38-29(18-24-8-4-3-5-9-24)35(46)41-17-7-11-30(41)33(44)37-23/h3-6,8-10,12-16,20,23,28-30H,7,11,17-19,21-22H2,1-2H3,(H,37,44)(H,38,42)(H,39,43)/t23-,28-,29+,30+/m0/s1. The largest absolute Gasteiger partial charge is 0.484 e. The van der Waals surface area contributed by atoms with Crippen LogP contribution in [-0.4, -0.2) is 88.7 Å². The molecule has 0 aliphatic carbocycles. The van der Waals surface area contributed by atoms with E-state index in [-0.39, 0.29) is 37.8 Å². The summed E-state index contributed by atoms with van der Waals surface area (Å²) in [6.07, 6.45) is 4.73. The van der Waals surface area contributed by atoms with Crippen LogP contribution in [0.2, 0.25) is 0 Å². The van der Waals surface area contributed by atoms with E-state index < -0.39 is 41.9 Å². The van der Waals surface area contributed by atoms with Gasteiger partial charge in [-0.15, -0.1) is 0 Å². The molecular weight excluding hydrogens is 600 g/mol. The van der Waals surface area contributed by atoms with Crippen molar-refractivity contribution in [1.82, 2.24) is 30.7 Å². The number of hydrogen-bond acceptors (Lipinski definition) is 7. The van der Waals surface area contributed by atoms with E-state index >= 15 is 0 Å². The molecule has 4 atom stereocenters. The Bertz CT molecular complexity index is 1570. The van der Waals surface area contributed by atoms with Crippen molar-refractivity contribution >= 4 is 29.5 Å². The molecule has 1 fully saturated rings. The molecule has 0 unspecified atom stereocenters. The molecule has 3 aliphatic rings. The van der Waals surface area contributed by atoms with Crippen molar-refractivity contribution in [3.8, 4) is 5.75 Å². The third-order valence-electron chi connectivity index (χ3n) is 8.37. The van der Waals surface area contributed by atoms with Gasteiger partial charge in [-0.1, -0.05) is 48.5 Å². The number of ether oxygens (including phenoxy) is 1. The molecule has 0 radical (unpaired) electrons. The summed E-state index contributed by atoms with van der Waals surface area (Å²) in [6.45, 7) is 1.84. The summed E-state index contributed by atoms with van der Waals surface area (Å²) >= 11 is 0. The first-order chi connectivity index (χ1) is 22.7. The van der Waals surface area contributed by atoms with Gasteiger partial charge < -0.3 is 30.5 Å². The van der Waals surface area contributed by atoms with E-state index in [9.17, 15) is 24.0 Å². The van der Waals surface area contributed by atoms with E-state index in [2.05, 4.69) is 20.9 Å². The van der Waals surface area contributed by atoms with Crippen molar-refractivity contribution in [2.75, 3.05) is 20.2 Å². The highest BCUT2D eigenvalue weighted by atomic mass is 16.5. The zero-order valence-electron chi connectivity index (χ0n) is 26.6. The highest BCUT2D eigenvalue weighted by molar-refractivity contribution is 5.96. The van der Waals surface area contributed by atoms with E-state index in [1.165, 1.54) is 9.80 Å². The summed E-state index contributed by atoms with van der Waals surface area (Å²) < 4.78 is 5.73. The molecule has 3 aromatic rings. The minimum Gasteiger partial charge on any atom is -0.484 e. The number of pyridine rings is 1. The summed E-state index contributed by atoms with van der Waals surface area (Å²) in [7, 11) is 1.65. The highest BCUT2D eigenvalue weighted by Crippen LogP contribution is 2.21. The Balaban J connectivity index is 1.39. The molecule has 4 heterocycles. The number of rotatable bonds is 5. The highest BCUT2D eigenvalue weighted by Gasteiger charge is 2.39. The van der Waals surface area contributed by atoms with Crippen molar-refractivity contribution in [3.05, 3.63) is 95.8 Å². The SMILES string of the molecule is C[C@@H]1NC(=O)[C@H]2CCCN2C(=O)[C@@H](Cc2ccccc2)NC(=O)COc2ccc(cc2)C[C@@H](C(=O)N(C)Cc2cccnc2)NC1=O. The van der Waals surface area contributed by atoms with Gasteiger partial charge in [0.1, 0.15) is 29.9 Å². The second kappa shape index (κ2) is 15.4. The molecule has 3 aliphatic heterocycles. The summed E-state index contributed by atoms with van der Waals surface area (Å²) in [5, 5.41) is 8.40. The van der Waals surface area contributed by atoms with Crippen LogP contribution in [0, 0.1) is 0 Å². The zero-order valence-corrected chi connectivity index (χ0v) is 26.6. The second-order valence-electron chi connectivity index (χ2n) is 12.0. The number of carbonyl (C=O) groups excluding carboxylic acids is 5.